The lowest BCUT2D eigenvalue weighted by atomic mass is 10.1. The topological polar surface area (TPSA) is 61.8 Å². The Balaban J connectivity index is 1.50. The van der Waals surface area contributed by atoms with Crippen LogP contribution in [-0.2, 0) is 4.79 Å². The van der Waals surface area contributed by atoms with Crippen LogP contribution in [0.1, 0.15) is 12.8 Å². The molecule has 0 aromatic heterocycles. The number of rotatable bonds is 5. The Kier molecular flexibility index (Phi) is 6.07. The minimum atomic E-state index is -0.224. The zero-order valence-electron chi connectivity index (χ0n) is 13.8. The highest BCUT2D eigenvalue weighted by atomic mass is 79.9. The summed E-state index contributed by atoms with van der Waals surface area (Å²) in [6.07, 6.45) is 1.24. The van der Waals surface area contributed by atoms with Crippen LogP contribution in [0.5, 0.6) is 11.5 Å². The SMILES string of the molecule is O=C(CN1CCC(O)CC1)Nc1ccc(Oc2ccc(Br)cc2)cc1. The van der Waals surface area contributed by atoms with E-state index < -0.39 is 0 Å². The van der Waals surface area contributed by atoms with Gasteiger partial charge in [0.05, 0.1) is 12.6 Å². The molecular formula is C19H21BrN2O3. The third-order valence-electron chi connectivity index (χ3n) is 4.11. The first-order valence-electron chi connectivity index (χ1n) is 8.32. The number of hydrogen-bond donors (Lipinski definition) is 2. The number of carbonyl (C=O) groups is 1. The van der Waals surface area contributed by atoms with Crippen molar-refractivity contribution in [2.24, 2.45) is 0 Å². The van der Waals surface area contributed by atoms with E-state index in [2.05, 4.69) is 26.1 Å². The van der Waals surface area contributed by atoms with E-state index in [4.69, 9.17) is 4.74 Å². The van der Waals surface area contributed by atoms with Crippen LogP contribution in [0.25, 0.3) is 0 Å². The summed E-state index contributed by atoms with van der Waals surface area (Å²) < 4.78 is 6.76. The van der Waals surface area contributed by atoms with Crippen LogP contribution in [0.15, 0.2) is 53.0 Å². The van der Waals surface area contributed by atoms with E-state index in [1.165, 1.54) is 0 Å². The predicted molar refractivity (Wildman–Crippen MR) is 101 cm³/mol. The smallest absolute Gasteiger partial charge is 0.238 e. The summed E-state index contributed by atoms with van der Waals surface area (Å²) in [5.74, 6) is 1.43. The average molecular weight is 405 g/mol. The molecule has 1 saturated heterocycles. The molecular weight excluding hydrogens is 384 g/mol. The monoisotopic (exact) mass is 404 g/mol. The molecule has 1 amide bonds. The van der Waals surface area contributed by atoms with Gasteiger partial charge in [0.2, 0.25) is 5.91 Å². The number of halogens is 1. The van der Waals surface area contributed by atoms with E-state index in [1.807, 2.05) is 48.5 Å². The highest BCUT2D eigenvalue weighted by molar-refractivity contribution is 9.10. The molecule has 6 heteroatoms. The number of ether oxygens (including phenoxy) is 1. The van der Waals surface area contributed by atoms with Crippen LogP contribution in [0.4, 0.5) is 5.69 Å². The van der Waals surface area contributed by atoms with Crippen molar-refractivity contribution in [2.45, 2.75) is 18.9 Å². The molecule has 2 N–H and O–H groups in total. The zero-order valence-corrected chi connectivity index (χ0v) is 15.4. The van der Waals surface area contributed by atoms with Gasteiger partial charge in [-0.15, -0.1) is 0 Å². The molecule has 1 aliphatic rings. The molecule has 1 aliphatic heterocycles. The standard InChI is InChI=1S/C19H21BrN2O3/c20-14-1-5-17(6-2-14)25-18-7-3-15(4-8-18)21-19(24)13-22-11-9-16(23)10-12-22/h1-8,16,23H,9-13H2,(H,21,24). The maximum atomic E-state index is 12.1. The first-order valence-corrected chi connectivity index (χ1v) is 9.11. The molecule has 0 aliphatic carbocycles. The summed E-state index contributed by atoms with van der Waals surface area (Å²) in [6.45, 7) is 1.87. The minimum absolute atomic E-state index is 0.0435. The van der Waals surface area contributed by atoms with Gasteiger partial charge in [-0.1, -0.05) is 15.9 Å². The molecule has 0 spiro atoms. The van der Waals surface area contributed by atoms with Crippen LogP contribution in [0, 0.1) is 0 Å². The van der Waals surface area contributed by atoms with Crippen LogP contribution >= 0.6 is 15.9 Å². The number of aliphatic hydroxyl groups excluding tert-OH is 1. The summed E-state index contributed by atoms with van der Waals surface area (Å²) in [7, 11) is 0. The fourth-order valence-electron chi connectivity index (χ4n) is 2.73. The molecule has 0 atom stereocenters. The van der Waals surface area contributed by atoms with Gasteiger partial charge in [0, 0.05) is 23.2 Å². The Labute approximate surface area is 155 Å². The minimum Gasteiger partial charge on any atom is -0.457 e. The molecule has 2 aromatic rings. The molecule has 132 valence electrons. The Morgan fingerprint density at radius 1 is 1.08 bits per heavy atom. The second kappa shape index (κ2) is 8.47. The number of aliphatic hydroxyl groups is 1. The second-order valence-corrected chi connectivity index (χ2v) is 7.05. The van der Waals surface area contributed by atoms with Gasteiger partial charge in [-0.3, -0.25) is 9.69 Å². The van der Waals surface area contributed by atoms with Crippen LogP contribution in [-0.4, -0.2) is 41.7 Å². The number of carbonyl (C=O) groups excluding carboxylic acids is 1. The molecule has 25 heavy (non-hydrogen) atoms. The van der Waals surface area contributed by atoms with Gasteiger partial charge in [0.25, 0.3) is 0 Å². The fourth-order valence-corrected chi connectivity index (χ4v) is 2.99. The van der Waals surface area contributed by atoms with Gasteiger partial charge in [-0.2, -0.15) is 0 Å². The van der Waals surface area contributed by atoms with Crippen molar-refractivity contribution >= 4 is 27.5 Å². The first kappa shape index (κ1) is 17.9. The normalized spacial score (nSPS) is 15.8. The molecule has 2 aromatic carbocycles. The molecule has 1 heterocycles. The van der Waals surface area contributed by atoms with Gasteiger partial charge >= 0.3 is 0 Å². The highest BCUT2D eigenvalue weighted by Gasteiger charge is 2.18. The number of nitrogens with one attached hydrogen (secondary N) is 1. The van der Waals surface area contributed by atoms with E-state index in [1.54, 1.807) is 0 Å². The Morgan fingerprint density at radius 3 is 2.24 bits per heavy atom. The van der Waals surface area contributed by atoms with Gasteiger partial charge in [0.15, 0.2) is 0 Å². The van der Waals surface area contributed by atoms with Crippen molar-refractivity contribution in [2.75, 3.05) is 25.0 Å². The first-order chi connectivity index (χ1) is 12.1. The molecule has 0 saturated carbocycles. The van der Waals surface area contributed by atoms with Crippen molar-refractivity contribution in [1.29, 1.82) is 0 Å². The number of benzene rings is 2. The third-order valence-corrected chi connectivity index (χ3v) is 4.64. The Bertz CT molecular complexity index is 696. The third kappa shape index (κ3) is 5.56. The van der Waals surface area contributed by atoms with Crippen LogP contribution in [0.3, 0.4) is 0 Å². The van der Waals surface area contributed by atoms with Crippen LogP contribution < -0.4 is 10.1 Å². The van der Waals surface area contributed by atoms with E-state index in [-0.39, 0.29) is 12.0 Å². The molecule has 0 unspecified atom stereocenters. The number of piperidine rings is 1. The van der Waals surface area contributed by atoms with E-state index in [9.17, 15) is 9.90 Å². The zero-order chi connectivity index (χ0) is 17.6. The lowest BCUT2D eigenvalue weighted by Crippen LogP contribution is -2.40. The Morgan fingerprint density at radius 2 is 1.64 bits per heavy atom. The molecule has 0 radical (unpaired) electrons. The summed E-state index contributed by atoms with van der Waals surface area (Å²) in [5.41, 5.74) is 0.741. The Hall–Kier alpha value is -1.89. The molecule has 3 rings (SSSR count). The van der Waals surface area contributed by atoms with Crippen molar-refractivity contribution in [1.82, 2.24) is 4.90 Å². The number of amides is 1. The quantitative estimate of drug-likeness (QED) is 0.798. The second-order valence-electron chi connectivity index (χ2n) is 6.14. The highest BCUT2D eigenvalue weighted by Crippen LogP contribution is 2.24. The van der Waals surface area contributed by atoms with Gasteiger partial charge < -0.3 is 15.2 Å². The summed E-state index contributed by atoms with van der Waals surface area (Å²) in [5, 5.41) is 12.4. The maximum Gasteiger partial charge on any atom is 0.238 e. The fraction of sp³-hybridized carbons (Fsp3) is 0.316. The number of likely N-dealkylation sites (tertiary alicyclic amines) is 1. The van der Waals surface area contributed by atoms with Crippen molar-refractivity contribution in [3.8, 4) is 11.5 Å². The van der Waals surface area contributed by atoms with E-state index >= 15 is 0 Å². The molecule has 5 nitrogen and oxygen atoms in total. The number of hydrogen-bond acceptors (Lipinski definition) is 4. The average Bonchev–Trinajstić information content (AvgIpc) is 2.61. The maximum absolute atomic E-state index is 12.1. The van der Waals surface area contributed by atoms with E-state index in [0.29, 0.717) is 12.3 Å². The van der Waals surface area contributed by atoms with Crippen molar-refractivity contribution < 1.29 is 14.6 Å². The number of nitrogens with zero attached hydrogens (tertiary/aromatic N) is 1. The largest absolute Gasteiger partial charge is 0.457 e. The van der Waals surface area contributed by atoms with Crippen LogP contribution in [0.2, 0.25) is 0 Å². The summed E-state index contributed by atoms with van der Waals surface area (Å²) in [4.78, 5) is 14.2. The summed E-state index contributed by atoms with van der Waals surface area (Å²) >= 11 is 3.39. The van der Waals surface area contributed by atoms with Crippen molar-refractivity contribution in [3.63, 3.8) is 0 Å². The van der Waals surface area contributed by atoms with Gasteiger partial charge in [-0.05, 0) is 61.4 Å². The number of anilines is 1. The molecule has 0 bridgehead atoms. The lowest BCUT2D eigenvalue weighted by molar-refractivity contribution is -0.117. The predicted octanol–water partition coefficient (Wildman–Crippen LogP) is 3.64. The van der Waals surface area contributed by atoms with Gasteiger partial charge in [0.1, 0.15) is 11.5 Å². The van der Waals surface area contributed by atoms with Gasteiger partial charge in [-0.25, -0.2) is 0 Å². The van der Waals surface area contributed by atoms with E-state index in [0.717, 1.165) is 41.8 Å². The molecule has 1 fully saturated rings. The lowest BCUT2D eigenvalue weighted by Gasteiger charge is -2.28. The summed E-state index contributed by atoms with van der Waals surface area (Å²) in [6, 6.07) is 14.9. The van der Waals surface area contributed by atoms with Crippen molar-refractivity contribution in [3.05, 3.63) is 53.0 Å².